The maximum atomic E-state index is 13.4. The minimum atomic E-state index is -0.699. The average Bonchev–Trinajstić information content (AvgIpc) is 2.93. The number of benzene rings is 2. The van der Waals surface area contributed by atoms with E-state index in [0.717, 1.165) is 11.1 Å². The zero-order chi connectivity index (χ0) is 14.8. The standard InChI is InChI=1S/C17H15FN2O/c1-12(21)17-16(13-6-3-2-4-7-13)11-20(19-17)15-9-5-8-14(18)10-15/h2-12,21H,1H3. The van der Waals surface area contributed by atoms with Crippen LogP contribution in [0, 0.1) is 5.82 Å². The van der Waals surface area contributed by atoms with Crippen molar-refractivity contribution in [1.29, 1.82) is 0 Å². The molecule has 0 bridgehead atoms. The van der Waals surface area contributed by atoms with Gasteiger partial charge in [0.05, 0.1) is 17.5 Å². The topological polar surface area (TPSA) is 38.1 Å². The lowest BCUT2D eigenvalue weighted by Crippen LogP contribution is -1.99. The Morgan fingerprint density at radius 3 is 2.52 bits per heavy atom. The van der Waals surface area contributed by atoms with Crippen molar-refractivity contribution in [3.8, 4) is 16.8 Å². The third-order valence-corrected chi connectivity index (χ3v) is 3.30. The second-order valence-corrected chi connectivity index (χ2v) is 4.89. The summed E-state index contributed by atoms with van der Waals surface area (Å²) in [6.07, 6.45) is 1.11. The van der Waals surface area contributed by atoms with Gasteiger partial charge >= 0.3 is 0 Å². The normalized spacial score (nSPS) is 12.3. The molecule has 0 radical (unpaired) electrons. The molecule has 1 aromatic heterocycles. The summed E-state index contributed by atoms with van der Waals surface area (Å²) >= 11 is 0. The molecule has 21 heavy (non-hydrogen) atoms. The summed E-state index contributed by atoms with van der Waals surface area (Å²) in [6.45, 7) is 1.67. The lowest BCUT2D eigenvalue weighted by molar-refractivity contribution is 0.194. The van der Waals surface area contributed by atoms with Crippen molar-refractivity contribution in [1.82, 2.24) is 9.78 Å². The second-order valence-electron chi connectivity index (χ2n) is 4.89. The molecule has 1 atom stereocenters. The van der Waals surface area contributed by atoms with E-state index in [2.05, 4.69) is 5.10 Å². The number of aromatic nitrogens is 2. The monoisotopic (exact) mass is 282 g/mol. The van der Waals surface area contributed by atoms with Gasteiger partial charge < -0.3 is 5.11 Å². The first-order chi connectivity index (χ1) is 10.1. The van der Waals surface area contributed by atoms with Crippen LogP contribution < -0.4 is 0 Å². The molecule has 0 saturated carbocycles. The van der Waals surface area contributed by atoms with Gasteiger partial charge in [-0.25, -0.2) is 9.07 Å². The molecule has 0 aliphatic carbocycles. The number of aliphatic hydroxyl groups excluding tert-OH is 1. The van der Waals surface area contributed by atoms with E-state index in [1.807, 2.05) is 36.5 Å². The van der Waals surface area contributed by atoms with Gasteiger partial charge in [0.1, 0.15) is 5.82 Å². The fourth-order valence-corrected chi connectivity index (χ4v) is 2.29. The van der Waals surface area contributed by atoms with E-state index in [-0.39, 0.29) is 5.82 Å². The van der Waals surface area contributed by atoms with Crippen molar-refractivity contribution >= 4 is 0 Å². The molecule has 1 heterocycles. The molecule has 106 valence electrons. The Labute approximate surface area is 122 Å². The minimum Gasteiger partial charge on any atom is -0.387 e. The maximum absolute atomic E-state index is 13.4. The first-order valence-corrected chi connectivity index (χ1v) is 6.74. The van der Waals surface area contributed by atoms with E-state index in [9.17, 15) is 9.50 Å². The highest BCUT2D eigenvalue weighted by atomic mass is 19.1. The van der Waals surface area contributed by atoms with Crippen LogP contribution in [-0.2, 0) is 0 Å². The van der Waals surface area contributed by atoms with Crippen LogP contribution >= 0.6 is 0 Å². The van der Waals surface area contributed by atoms with Crippen molar-refractivity contribution in [2.75, 3.05) is 0 Å². The lowest BCUT2D eigenvalue weighted by atomic mass is 10.0. The summed E-state index contributed by atoms with van der Waals surface area (Å²) in [5.41, 5.74) is 3.01. The van der Waals surface area contributed by atoms with E-state index in [1.165, 1.54) is 12.1 Å². The van der Waals surface area contributed by atoms with Crippen LogP contribution in [0.3, 0.4) is 0 Å². The summed E-state index contributed by atoms with van der Waals surface area (Å²) < 4.78 is 14.9. The predicted molar refractivity (Wildman–Crippen MR) is 79.6 cm³/mol. The van der Waals surface area contributed by atoms with Gasteiger partial charge in [0.25, 0.3) is 0 Å². The largest absolute Gasteiger partial charge is 0.387 e. The highest BCUT2D eigenvalue weighted by Crippen LogP contribution is 2.28. The van der Waals surface area contributed by atoms with Gasteiger partial charge in [-0.05, 0) is 30.7 Å². The van der Waals surface area contributed by atoms with Crippen molar-refractivity contribution in [2.24, 2.45) is 0 Å². The number of hydrogen-bond donors (Lipinski definition) is 1. The molecule has 1 unspecified atom stereocenters. The third-order valence-electron chi connectivity index (χ3n) is 3.30. The number of nitrogens with zero attached hydrogens (tertiary/aromatic N) is 2. The van der Waals surface area contributed by atoms with Crippen molar-refractivity contribution in [3.63, 3.8) is 0 Å². The Balaban J connectivity index is 2.13. The summed E-state index contributed by atoms with van der Waals surface area (Å²) in [6, 6.07) is 15.9. The molecule has 0 spiro atoms. The van der Waals surface area contributed by atoms with Gasteiger partial charge in [0, 0.05) is 11.8 Å². The van der Waals surface area contributed by atoms with Crippen LogP contribution in [0.5, 0.6) is 0 Å². The number of aliphatic hydroxyl groups is 1. The highest BCUT2D eigenvalue weighted by Gasteiger charge is 2.16. The van der Waals surface area contributed by atoms with E-state index in [4.69, 9.17) is 0 Å². The summed E-state index contributed by atoms with van der Waals surface area (Å²) in [7, 11) is 0. The van der Waals surface area contributed by atoms with Crippen LogP contribution in [0.2, 0.25) is 0 Å². The average molecular weight is 282 g/mol. The molecule has 1 N–H and O–H groups in total. The minimum absolute atomic E-state index is 0.317. The smallest absolute Gasteiger partial charge is 0.125 e. The van der Waals surface area contributed by atoms with Crippen LogP contribution in [0.1, 0.15) is 18.7 Å². The van der Waals surface area contributed by atoms with Crippen molar-refractivity contribution < 1.29 is 9.50 Å². The van der Waals surface area contributed by atoms with E-state index in [1.54, 1.807) is 23.7 Å². The highest BCUT2D eigenvalue weighted by molar-refractivity contribution is 5.66. The SMILES string of the molecule is CC(O)c1nn(-c2cccc(F)c2)cc1-c1ccccc1. The van der Waals surface area contributed by atoms with Crippen LogP contribution in [0.15, 0.2) is 60.8 Å². The van der Waals surface area contributed by atoms with Gasteiger partial charge in [-0.3, -0.25) is 0 Å². The Morgan fingerprint density at radius 1 is 1.10 bits per heavy atom. The van der Waals surface area contributed by atoms with Gasteiger partial charge in [-0.1, -0.05) is 36.4 Å². The number of rotatable bonds is 3. The molecular weight excluding hydrogens is 267 g/mol. The predicted octanol–water partition coefficient (Wildman–Crippen LogP) is 3.73. The molecule has 0 aliphatic heterocycles. The van der Waals surface area contributed by atoms with Crippen LogP contribution in [-0.4, -0.2) is 14.9 Å². The van der Waals surface area contributed by atoms with E-state index >= 15 is 0 Å². The molecule has 2 aromatic carbocycles. The fraction of sp³-hybridized carbons (Fsp3) is 0.118. The quantitative estimate of drug-likeness (QED) is 0.795. The molecule has 0 saturated heterocycles. The molecule has 4 heteroatoms. The molecule has 0 amide bonds. The Bertz CT molecular complexity index is 750. The van der Waals surface area contributed by atoms with Gasteiger partial charge in [-0.15, -0.1) is 0 Å². The molecule has 0 aliphatic rings. The van der Waals surface area contributed by atoms with Gasteiger partial charge in [0.15, 0.2) is 0 Å². The summed E-state index contributed by atoms with van der Waals surface area (Å²) in [4.78, 5) is 0. The molecule has 3 nitrogen and oxygen atoms in total. The maximum Gasteiger partial charge on any atom is 0.125 e. The first-order valence-electron chi connectivity index (χ1n) is 6.74. The summed E-state index contributed by atoms with van der Waals surface area (Å²) in [5.74, 6) is -0.317. The molecule has 3 aromatic rings. The molecule has 3 rings (SSSR count). The third kappa shape index (κ3) is 2.71. The van der Waals surface area contributed by atoms with Crippen LogP contribution in [0.4, 0.5) is 4.39 Å². The zero-order valence-electron chi connectivity index (χ0n) is 11.6. The Morgan fingerprint density at radius 2 is 1.86 bits per heavy atom. The van der Waals surface area contributed by atoms with Gasteiger partial charge in [-0.2, -0.15) is 5.10 Å². The van der Waals surface area contributed by atoms with E-state index in [0.29, 0.717) is 11.4 Å². The number of halogens is 1. The zero-order valence-corrected chi connectivity index (χ0v) is 11.6. The van der Waals surface area contributed by atoms with Crippen molar-refractivity contribution in [2.45, 2.75) is 13.0 Å². The van der Waals surface area contributed by atoms with Crippen molar-refractivity contribution in [3.05, 3.63) is 72.3 Å². The second kappa shape index (κ2) is 5.50. The van der Waals surface area contributed by atoms with Gasteiger partial charge in [0.2, 0.25) is 0 Å². The fourth-order valence-electron chi connectivity index (χ4n) is 2.29. The summed E-state index contributed by atoms with van der Waals surface area (Å²) in [5, 5.41) is 14.3. The number of hydrogen-bond acceptors (Lipinski definition) is 2. The molecule has 0 fully saturated rings. The Kier molecular flexibility index (Phi) is 3.54. The Hall–Kier alpha value is -2.46. The lowest BCUT2D eigenvalue weighted by Gasteiger charge is -2.04. The molecular formula is C17H15FN2O. The first kappa shape index (κ1) is 13.5. The van der Waals surface area contributed by atoms with E-state index < -0.39 is 6.10 Å². The van der Waals surface area contributed by atoms with Crippen LogP contribution in [0.25, 0.3) is 16.8 Å².